The molecule has 13 heteroatoms. The first-order chi connectivity index (χ1) is 23.9. The van der Waals surface area contributed by atoms with E-state index in [1.807, 2.05) is 12.2 Å². The Balaban J connectivity index is 2.41. The largest absolute Gasteiger partial charge is 0.469 e. The number of esters is 2. The molecular formula is C37H65O12P. The molecule has 0 aromatic heterocycles. The number of aliphatic hydroxyl groups is 3. The Bertz CT molecular complexity index is 1030. The zero-order valence-corrected chi connectivity index (χ0v) is 31.2. The van der Waals surface area contributed by atoms with Crippen molar-refractivity contribution in [3.8, 4) is 0 Å². The molecule has 0 aromatic carbocycles. The van der Waals surface area contributed by atoms with Gasteiger partial charge in [-0.05, 0) is 51.4 Å². The lowest BCUT2D eigenvalue weighted by Gasteiger charge is -2.36. The fourth-order valence-corrected chi connectivity index (χ4v) is 5.87. The predicted molar refractivity (Wildman–Crippen MR) is 192 cm³/mol. The maximum Gasteiger partial charge on any atom is 0.469 e. The lowest BCUT2D eigenvalue weighted by Crippen LogP contribution is -2.43. The monoisotopic (exact) mass is 732 g/mol. The lowest BCUT2D eigenvalue weighted by atomic mass is 9.87. The normalized spacial score (nSPS) is 21.3. The van der Waals surface area contributed by atoms with Crippen LogP contribution in [0.2, 0.25) is 0 Å². The molecule has 0 saturated carbocycles. The summed E-state index contributed by atoms with van der Waals surface area (Å²) in [5, 5.41) is 30.8. The van der Waals surface area contributed by atoms with Crippen molar-refractivity contribution in [2.45, 2.75) is 167 Å². The predicted octanol–water partition coefficient (Wildman–Crippen LogP) is 6.73. The van der Waals surface area contributed by atoms with Crippen molar-refractivity contribution in [2.75, 3.05) is 13.2 Å². The van der Waals surface area contributed by atoms with Crippen LogP contribution in [0.4, 0.5) is 0 Å². The van der Waals surface area contributed by atoms with Gasteiger partial charge in [-0.3, -0.25) is 14.1 Å². The summed E-state index contributed by atoms with van der Waals surface area (Å²) >= 11 is 0. The van der Waals surface area contributed by atoms with Crippen molar-refractivity contribution in [1.82, 2.24) is 0 Å². The van der Waals surface area contributed by atoms with E-state index in [1.165, 1.54) is 12.8 Å². The smallest absolute Gasteiger partial charge is 0.462 e. The van der Waals surface area contributed by atoms with Crippen molar-refractivity contribution in [1.29, 1.82) is 0 Å². The number of allylic oxidation sites excluding steroid dienone is 4. The quantitative estimate of drug-likeness (QED) is 0.0237. The zero-order valence-electron chi connectivity index (χ0n) is 30.3. The molecule has 0 radical (unpaired) electrons. The third kappa shape index (κ3) is 25.1. The first-order valence-electron chi connectivity index (χ1n) is 18.7. The topological polar surface area (TPSA) is 189 Å². The van der Waals surface area contributed by atoms with E-state index in [9.17, 15) is 29.5 Å². The number of phosphoric acid groups is 1. The molecule has 0 aromatic rings. The van der Waals surface area contributed by atoms with Crippen LogP contribution in [0.3, 0.4) is 0 Å². The summed E-state index contributed by atoms with van der Waals surface area (Å²) in [6.45, 7) is 3.27. The summed E-state index contributed by atoms with van der Waals surface area (Å²) in [4.78, 5) is 42.8. The van der Waals surface area contributed by atoms with E-state index in [0.717, 1.165) is 57.8 Å². The number of rotatable bonds is 29. The molecule has 1 aliphatic heterocycles. The van der Waals surface area contributed by atoms with Gasteiger partial charge in [0, 0.05) is 25.2 Å². The van der Waals surface area contributed by atoms with Gasteiger partial charge in [-0.1, -0.05) is 102 Å². The molecule has 0 bridgehead atoms. The van der Waals surface area contributed by atoms with Crippen molar-refractivity contribution >= 4 is 19.8 Å². The van der Waals surface area contributed by atoms with Gasteiger partial charge in [-0.2, -0.15) is 0 Å². The lowest BCUT2D eigenvalue weighted by molar-refractivity contribution is -0.199. The Morgan fingerprint density at radius 1 is 0.820 bits per heavy atom. The van der Waals surface area contributed by atoms with Crippen LogP contribution in [0.1, 0.15) is 136 Å². The molecule has 50 heavy (non-hydrogen) atoms. The number of aliphatic hydroxyl groups excluding tert-OH is 3. The highest BCUT2D eigenvalue weighted by molar-refractivity contribution is 7.46. The number of carbonyl (C=O) groups is 2. The fraction of sp³-hybridized carbons (Fsp3) is 0.784. The van der Waals surface area contributed by atoms with Crippen molar-refractivity contribution in [3.05, 3.63) is 36.5 Å². The maximum atomic E-state index is 12.4. The number of phosphoric ester groups is 1. The Morgan fingerprint density at radius 3 is 2.18 bits per heavy atom. The van der Waals surface area contributed by atoms with Crippen molar-refractivity contribution in [3.63, 3.8) is 0 Å². The SMILES string of the molecule is CCCC/C=C\CCCCCCCC(=O)O[C@H](COC(=O)CCC/C=C\C[C@H]1[C@@H](O)CC(O)O[C@@H]1/C=C/[C@@H](O)CCCCC)COP(=O)(O)O. The molecule has 0 amide bonds. The van der Waals surface area contributed by atoms with E-state index < -0.39 is 57.1 Å². The summed E-state index contributed by atoms with van der Waals surface area (Å²) in [6.07, 6.45) is 22.1. The second-order valence-electron chi connectivity index (χ2n) is 13.1. The maximum absolute atomic E-state index is 12.4. The van der Waals surface area contributed by atoms with Crippen LogP contribution in [0.15, 0.2) is 36.5 Å². The van der Waals surface area contributed by atoms with Crippen molar-refractivity contribution in [2.24, 2.45) is 5.92 Å². The molecule has 1 rings (SSSR count). The minimum absolute atomic E-state index is 0.0710. The highest BCUT2D eigenvalue weighted by atomic mass is 31.2. The van der Waals surface area contributed by atoms with Gasteiger partial charge in [0.25, 0.3) is 0 Å². The number of ether oxygens (including phenoxy) is 3. The van der Waals surface area contributed by atoms with Gasteiger partial charge >= 0.3 is 19.8 Å². The van der Waals surface area contributed by atoms with Crippen LogP contribution >= 0.6 is 7.82 Å². The standard InChI is InChI=1S/C37H65O12P/c1-3-5-7-8-9-10-11-12-13-14-20-24-36(41)48-31(29-47-50(43,44)45)28-46-35(40)23-19-16-15-18-22-32-33(39)27-37(42)49-34(32)26-25-30(38)21-17-6-4-2/h8-9,15,18,25-26,30-34,37-39,42H,3-7,10-14,16-17,19-24,27-29H2,1-2H3,(H2,43,44,45)/b9-8-,18-15-,26-25+/t30-,31+,32-,33-,34+,37?/m0/s1. The third-order valence-electron chi connectivity index (χ3n) is 8.43. The van der Waals surface area contributed by atoms with Gasteiger partial charge in [0.05, 0.1) is 24.9 Å². The molecule has 290 valence electrons. The van der Waals surface area contributed by atoms with Crippen LogP contribution in [0.25, 0.3) is 0 Å². The second kappa shape index (κ2) is 28.7. The number of hydrogen-bond donors (Lipinski definition) is 5. The van der Waals surface area contributed by atoms with Gasteiger partial charge in [0.1, 0.15) is 6.61 Å². The average molecular weight is 733 g/mol. The molecular weight excluding hydrogens is 667 g/mol. The van der Waals surface area contributed by atoms with E-state index in [2.05, 4.69) is 30.5 Å². The van der Waals surface area contributed by atoms with Crippen LogP contribution in [-0.4, -0.2) is 81.0 Å². The molecule has 1 heterocycles. The minimum atomic E-state index is -4.82. The summed E-state index contributed by atoms with van der Waals surface area (Å²) in [5.74, 6) is -1.40. The first-order valence-corrected chi connectivity index (χ1v) is 20.2. The third-order valence-corrected chi connectivity index (χ3v) is 8.91. The first kappa shape index (κ1) is 46.1. The van der Waals surface area contributed by atoms with E-state index in [-0.39, 0.29) is 31.8 Å². The van der Waals surface area contributed by atoms with Crippen LogP contribution in [0.5, 0.6) is 0 Å². The number of hydrogen-bond acceptors (Lipinski definition) is 10. The van der Waals surface area contributed by atoms with E-state index in [1.54, 1.807) is 12.2 Å². The number of unbranched alkanes of at least 4 members (excludes halogenated alkanes) is 10. The Kier molecular flexibility index (Phi) is 26.4. The van der Waals surface area contributed by atoms with Gasteiger partial charge < -0.3 is 39.3 Å². The molecule has 1 saturated heterocycles. The van der Waals surface area contributed by atoms with Gasteiger partial charge in [-0.25, -0.2) is 4.57 Å². The van der Waals surface area contributed by atoms with E-state index >= 15 is 0 Å². The molecule has 1 aliphatic rings. The molecule has 12 nitrogen and oxygen atoms in total. The molecule has 5 N–H and O–H groups in total. The molecule has 1 unspecified atom stereocenters. The van der Waals surface area contributed by atoms with Crippen LogP contribution in [-0.2, 0) is 32.9 Å². The highest BCUT2D eigenvalue weighted by Gasteiger charge is 2.35. The van der Waals surface area contributed by atoms with Crippen LogP contribution in [0, 0.1) is 5.92 Å². The average Bonchev–Trinajstić information content (AvgIpc) is 3.05. The Labute approximate surface area is 299 Å². The molecule has 6 atom stereocenters. The summed E-state index contributed by atoms with van der Waals surface area (Å²) in [5.41, 5.74) is 0. The Morgan fingerprint density at radius 2 is 1.46 bits per heavy atom. The zero-order chi connectivity index (χ0) is 37.0. The highest BCUT2D eigenvalue weighted by Crippen LogP contribution is 2.36. The molecule has 1 fully saturated rings. The molecule has 0 aliphatic carbocycles. The second-order valence-corrected chi connectivity index (χ2v) is 14.3. The van der Waals surface area contributed by atoms with E-state index in [0.29, 0.717) is 32.1 Å². The summed E-state index contributed by atoms with van der Waals surface area (Å²) in [6, 6.07) is 0. The van der Waals surface area contributed by atoms with Gasteiger partial charge in [0.15, 0.2) is 12.4 Å². The Hall–Kier alpha value is -1.89. The van der Waals surface area contributed by atoms with E-state index in [4.69, 9.17) is 24.0 Å². The van der Waals surface area contributed by atoms with Gasteiger partial charge in [0.2, 0.25) is 0 Å². The fourth-order valence-electron chi connectivity index (χ4n) is 5.51. The summed E-state index contributed by atoms with van der Waals surface area (Å²) in [7, 11) is -4.82. The minimum Gasteiger partial charge on any atom is -0.462 e. The van der Waals surface area contributed by atoms with Crippen LogP contribution < -0.4 is 0 Å². The van der Waals surface area contributed by atoms with Gasteiger partial charge in [-0.15, -0.1) is 0 Å². The summed E-state index contributed by atoms with van der Waals surface area (Å²) < 4.78 is 31.9. The van der Waals surface area contributed by atoms with Crippen molar-refractivity contribution < 1.29 is 58.0 Å². The number of carbonyl (C=O) groups excluding carboxylic acids is 2. The molecule has 0 spiro atoms.